The molecule has 0 spiro atoms. The van der Waals surface area contributed by atoms with E-state index in [9.17, 15) is 5.11 Å². The summed E-state index contributed by atoms with van der Waals surface area (Å²) in [5, 5.41) is 11.9. The van der Waals surface area contributed by atoms with Crippen LogP contribution in [0.25, 0.3) is 5.57 Å². The van der Waals surface area contributed by atoms with Crippen molar-refractivity contribution in [2.24, 2.45) is 0 Å². The Bertz CT molecular complexity index is 1200. The SMILES string of the molecule is COc1ccc2c(c1)/C(=C/CCN1CCC(O)(c3ccccc3Cl)CC1)c1cccnc1CO2. The summed E-state index contributed by atoms with van der Waals surface area (Å²) in [7, 11) is 1.68. The van der Waals surface area contributed by atoms with Crippen molar-refractivity contribution < 1.29 is 14.6 Å². The van der Waals surface area contributed by atoms with Crippen molar-refractivity contribution in [2.45, 2.75) is 31.5 Å². The van der Waals surface area contributed by atoms with Crippen LogP contribution in [0.1, 0.15) is 41.6 Å². The van der Waals surface area contributed by atoms with Crippen LogP contribution in [-0.4, -0.2) is 41.7 Å². The maximum absolute atomic E-state index is 11.2. The van der Waals surface area contributed by atoms with Crippen molar-refractivity contribution in [3.63, 3.8) is 0 Å². The van der Waals surface area contributed by atoms with Gasteiger partial charge in [-0.2, -0.15) is 0 Å². The summed E-state index contributed by atoms with van der Waals surface area (Å²) >= 11 is 6.37. The first kappa shape index (κ1) is 22.9. The number of rotatable bonds is 5. The van der Waals surface area contributed by atoms with Gasteiger partial charge in [-0.3, -0.25) is 4.98 Å². The summed E-state index contributed by atoms with van der Waals surface area (Å²) in [6, 6.07) is 17.6. The van der Waals surface area contributed by atoms with E-state index in [0.717, 1.165) is 65.5 Å². The van der Waals surface area contributed by atoms with Crippen molar-refractivity contribution >= 4 is 17.2 Å². The van der Waals surface area contributed by atoms with Gasteiger partial charge in [0.25, 0.3) is 0 Å². The minimum absolute atomic E-state index is 0.444. The molecular formula is C28H29ClN2O3. The van der Waals surface area contributed by atoms with Crippen molar-refractivity contribution in [3.05, 3.63) is 94.3 Å². The van der Waals surface area contributed by atoms with Crippen LogP contribution in [0.15, 0.2) is 66.9 Å². The highest BCUT2D eigenvalue weighted by Crippen LogP contribution is 2.39. The molecule has 5 rings (SSSR count). The molecule has 0 atom stereocenters. The smallest absolute Gasteiger partial charge is 0.131 e. The predicted octanol–water partition coefficient (Wildman–Crippen LogP) is 5.44. The summed E-state index contributed by atoms with van der Waals surface area (Å²) in [5.41, 5.74) is 4.17. The van der Waals surface area contributed by atoms with Crippen LogP contribution in [0, 0.1) is 0 Å². The van der Waals surface area contributed by atoms with Crippen LogP contribution in [-0.2, 0) is 12.2 Å². The van der Waals surface area contributed by atoms with E-state index >= 15 is 0 Å². The van der Waals surface area contributed by atoms with Crippen LogP contribution in [0.4, 0.5) is 0 Å². The first-order chi connectivity index (χ1) is 16.6. The summed E-state index contributed by atoms with van der Waals surface area (Å²) in [6.07, 6.45) is 6.32. The number of aliphatic hydroxyl groups is 1. The molecule has 0 saturated carbocycles. The maximum atomic E-state index is 11.2. The molecule has 1 fully saturated rings. The number of ether oxygens (including phenoxy) is 2. The van der Waals surface area contributed by atoms with Crippen LogP contribution in [0.2, 0.25) is 5.02 Å². The molecule has 3 heterocycles. The van der Waals surface area contributed by atoms with E-state index in [1.807, 2.05) is 54.7 Å². The molecule has 3 aromatic rings. The number of piperidine rings is 1. The zero-order valence-electron chi connectivity index (χ0n) is 19.3. The number of methoxy groups -OCH3 is 1. The van der Waals surface area contributed by atoms with Gasteiger partial charge in [0, 0.05) is 47.5 Å². The first-order valence-corrected chi connectivity index (χ1v) is 12.1. The number of pyridine rings is 1. The predicted molar refractivity (Wildman–Crippen MR) is 134 cm³/mol. The number of fused-ring (bicyclic) bond motifs is 2. The van der Waals surface area contributed by atoms with Crippen molar-refractivity contribution in [3.8, 4) is 11.5 Å². The molecule has 2 aromatic carbocycles. The highest BCUT2D eigenvalue weighted by atomic mass is 35.5. The highest BCUT2D eigenvalue weighted by Gasteiger charge is 2.35. The van der Waals surface area contributed by atoms with Gasteiger partial charge in [-0.25, -0.2) is 0 Å². The highest BCUT2D eigenvalue weighted by molar-refractivity contribution is 6.31. The fraction of sp³-hybridized carbons (Fsp3) is 0.321. The minimum Gasteiger partial charge on any atom is -0.497 e. The quantitative estimate of drug-likeness (QED) is 0.531. The normalized spacial score (nSPS) is 18.5. The van der Waals surface area contributed by atoms with Gasteiger partial charge in [-0.15, -0.1) is 0 Å². The fourth-order valence-corrected chi connectivity index (χ4v) is 5.24. The summed E-state index contributed by atoms with van der Waals surface area (Å²) < 4.78 is 11.5. The minimum atomic E-state index is -0.855. The molecule has 1 aromatic heterocycles. The Morgan fingerprint density at radius 2 is 1.94 bits per heavy atom. The first-order valence-electron chi connectivity index (χ1n) is 11.7. The number of hydrogen-bond acceptors (Lipinski definition) is 5. The van der Waals surface area contributed by atoms with Crippen molar-refractivity contribution in [2.75, 3.05) is 26.7 Å². The van der Waals surface area contributed by atoms with Gasteiger partial charge < -0.3 is 19.5 Å². The van der Waals surface area contributed by atoms with Crippen LogP contribution in [0.3, 0.4) is 0 Å². The Labute approximate surface area is 205 Å². The second kappa shape index (κ2) is 9.79. The summed E-state index contributed by atoms with van der Waals surface area (Å²) in [5.74, 6) is 1.64. The van der Waals surface area contributed by atoms with Gasteiger partial charge in [-0.05, 0) is 55.2 Å². The summed E-state index contributed by atoms with van der Waals surface area (Å²) in [6.45, 7) is 3.02. The van der Waals surface area contributed by atoms with E-state index in [2.05, 4.69) is 22.0 Å². The largest absolute Gasteiger partial charge is 0.497 e. The second-order valence-electron chi connectivity index (χ2n) is 8.91. The average Bonchev–Trinajstić information content (AvgIpc) is 3.02. The van der Waals surface area contributed by atoms with Crippen molar-refractivity contribution in [1.29, 1.82) is 0 Å². The van der Waals surface area contributed by atoms with E-state index in [-0.39, 0.29) is 0 Å². The molecule has 6 heteroatoms. The van der Waals surface area contributed by atoms with Gasteiger partial charge in [0.1, 0.15) is 18.1 Å². The Balaban J connectivity index is 1.33. The standard InChI is InChI=1S/C28H29ClN2O3/c1-33-20-10-11-27-23(18-20)21(22-6-4-14-30-26(22)19-34-27)7-5-15-31-16-12-28(32,13-17-31)24-8-2-3-9-25(24)29/h2-4,6-11,14,18,32H,5,12-13,15-17,19H2,1H3/b21-7+. The van der Waals surface area contributed by atoms with E-state index < -0.39 is 5.60 Å². The zero-order chi connectivity index (χ0) is 23.5. The average molecular weight is 477 g/mol. The number of benzene rings is 2. The van der Waals surface area contributed by atoms with Gasteiger partial charge >= 0.3 is 0 Å². The number of halogens is 1. The van der Waals surface area contributed by atoms with E-state index in [1.165, 1.54) is 0 Å². The Morgan fingerprint density at radius 3 is 2.74 bits per heavy atom. The van der Waals surface area contributed by atoms with E-state index in [4.69, 9.17) is 21.1 Å². The van der Waals surface area contributed by atoms with Gasteiger partial charge in [0.15, 0.2) is 0 Å². The molecule has 176 valence electrons. The molecule has 0 bridgehead atoms. The van der Waals surface area contributed by atoms with Gasteiger partial charge in [0.2, 0.25) is 0 Å². The van der Waals surface area contributed by atoms with E-state index in [1.54, 1.807) is 7.11 Å². The van der Waals surface area contributed by atoms with Gasteiger partial charge in [-0.1, -0.05) is 41.9 Å². The van der Waals surface area contributed by atoms with Crippen LogP contribution in [0.5, 0.6) is 11.5 Å². The monoisotopic (exact) mass is 476 g/mol. The molecule has 0 unspecified atom stereocenters. The maximum Gasteiger partial charge on any atom is 0.131 e. The lowest BCUT2D eigenvalue weighted by Crippen LogP contribution is -2.43. The number of aromatic nitrogens is 1. The Morgan fingerprint density at radius 1 is 1.12 bits per heavy atom. The summed E-state index contributed by atoms with van der Waals surface area (Å²) in [4.78, 5) is 6.97. The lowest BCUT2D eigenvalue weighted by Gasteiger charge is -2.38. The Kier molecular flexibility index (Phi) is 6.59. The molecule has 34 heavy (non-hydrogen) atoms. The lowest BCUT2D eigenvalue weighted by molar-refractivity contribution is -0.0253. The molecule has 1 saturated heterocycles. The van der Waals surface area contributed by atoms with Crippen molar-refractivity contribution in [1.82, 2.24) is 9.88 Å². The number of hydrogen-bond donors (Lipinski definition) is 1. The Hall–Kier alpha value is -2.86. The van der Waals surface area contributed by atoms with Gasteiger partial charge in [0.05, 0.1) is 18.4 Å². The van der Waals surface area contributed by atoms with Crippen LogP contribution < -0.4 is 9.47 Å². The third-order valence-electron chi connectivity index (χ3n) is 6.87. The second-order valence-corrected chi connectivity index (χ2v) is 9.32. The fourth-order valence-electron chi connectivity index (χ4n) is 4.93. The van der Waals surface area contributed by atoms with E-state index in [0.29, 0.717) is 24.5 Å². The molecule has 0 aliphatic carbocycles. The molecule has 0 radical (unpaired) electrons. The number of nitrogens with zero attached hydrogens (tertiary/aromatic N) is 2. The number of likely N-dealkylation sites (tertiary alicyclic amines) is 1. The molecular weight excluding hydrogens is 448 g/mol. The molecule has 2 aliphatic heterocycles. The third kappa shape index (κ3) is 4.56. The molecule has 5 nitrogen and oxygen atoms in total. The topological polar surface area (TPSA) is 54.8 Å². The molecule has 1 N–H and O–H groups in total. The third-order valence-corrected chi connectivity index (χ3v) is 7.20. The van der Waals surface area contributed by atoms with Crippen LogP contribution >= 0.6 is 11.6 Å². The molecule has 2 aliphatic rings. The zero-order valence-corrected chi connectivity index (χ0v) is 20.1. The lowest BCUT2D eigenvalue weighted by atomic mass is 9.84. The molecule has 0 amide bonds.